The maximum absolute atomic E-state index is 5.45. The molecule has 5 heteroatoms. The highest BCUT2D eigenvalue weighted by Gasteiger charge is 2.36. The van der Waals surface area contributed by atoms with Crippen LogP contribution in [0.2, 0.25) is 0 Å². The van der Waals surface area contributed by atoms with E-state index in [1.54, 1.807) is 0 Å². The van der Waals surface area contributed by atoms with Crippen molar-refractivity contribution < 1.29 is 0 Å². The van der Waals surface area contributed by atoms with Crippen LogP contribution in [0.5, 0.6) is 0 Å². The van der Waals surface area contributed by atoms with Crippen molar-refractivity contribution >= 4 is 11.9 Å². The van der Waals surface area contributed by atoms with E-state index >= 15 is 0 Å². The lowest BCUT2D eigenvalue weighted by atomic mass is 10.2. The minimum Gasteiger partial charge on any atom is -0.368 e. The van der Waals surface area contributed by atoms with E-state index in [-0.39, 0.29) is 5.95 Å². The van der Waals surface area contributed by atoms with Crippen molar-refractivity contribution in [3.63, 3.8) is 0 Å². The molecule has 2 atom stereocenters. The van der Waals surface area contributed by atoms with Crippen LogP contribution in [0, 0.1) is 5.92 Å². The third-order valence-electron chi connectivity index (χ3n) is 2.49. The summed E-state index contributed by atoms with van der Waals surface area (Å²) in [6, 6.07) is 0.539. The normalized spacial score (nSPS) is 24.6. The molecular formula is C9H15N5. The Morgan fingerprint density at radius 2 is 2.43 bits per heavy atom. The van der Waals surface area contributed by atoms with Gasteiger partial charge in [0.2, 0.25) is 11.9 Å². The summed E-state index contributed by atoms with van der Waals surface area (Å²) in [6.07, 6.45) is 5.17. The van der Waals surface area contributed by atoms with Gasteiger partial charge >= 0.3 is 0 Å². The van der Waals surface area contributed by atoms with Gasteiger partial charge in [0, 0.05) is 6.04 Å². The van der Waals surface area contributed by atoms with E-state index in [0.29, 0.717) is 12.0 Å². The fraction of sp³-hybridized carbons (Fsp3) is 0.667. The Labute approximate surface area is 83.2 Å². The summed E-state index contributed by atoms with van der Waals surface area (Å²) in [6.45, 7) is 2.20. The quantitative estimate of drug-likeness (QED) is 0.747. The van der Waals surface area contributed by atoms with E-state index in [2.05, 4.69) is 27.2 Å². The van der Waals surface area contributed by atoms with Crippen LogP contribution in [-0.4, -0.2) is 21.0 Å². The SMILES string of the molecule is CCCC1CC1Nc1ncnc(N)n1. The van der Waals surface area contributed by atoms with E-state index in [1.165, 1.54) is 25.6 Å². The predicted molar refractivity (Wildman–Crippen MR) is 54.7 cm³/mol. The molecule has 76 valence electrons. The molecule has 0 amide bonds. The van der Waals surface area contributed by atoms with Gasteiger partial charge in [-0.05, 0) is 18.8 Å². The molecule has 5 nitrogen and oxygen atoms in total. The van der Waals surface area contributed by atoms with Crippen molar-refractivity contribution in [1.29, 1.82) is 0 Å². The zero-order valence-corrected chi connectivity index (χ0v) is 8.27. The molecule has 1 heterocycles. The van der Waals surface area contributed by atoms with Crippen molar-refractivity contribution in [2.24, 2.45) is 5.92 Å². The summed E-state index contributed by atoms with van der Waals surface area (Å²) in [5.41, 5.74) is 5.45. The number of anilines is 2. The van der Waals surface area contributed by atoms with E-state index < -0.39 is 0 Å². The first-order chi connectivity index (χ1) is 6.79. The number of hydrogen-bond acceptors (Lipinski definition) is 5. The van der Waals surface area contributed by atoms with Gasteiger partial charge in [-0.2, -0.15) is 4.98 Å². The van der Waals surface area contributed by atoms with E-state index in [0.717, 1.165) is 5.92 Å². The zero-order valence-electron chi connectivity index (χ0n) is 8.27. The summed E-state index contributed by atoms with van der Waals surface area (Å²) in [5, 5.41) is 3.25. The van der Waals surface area contributed by atoms with Gasteiger partial charge in [-0.15, -0.1) is 0 Å². The van der Waals surface area contributed by atoms with Crippen LogP contribution in [0.4, 0.5) is 11.9 Å². The van der Waals surface area contributed by atoms with Crippen LogP contribution in [0.25, 0.3) is 0 Å². The Bertz CT molecular complexity index is 314. The highest BCUT2D eigenvalue weighted by atomic mass is 15.2. The molecule has 1 aliphatic carbocycles. The number of hydrogen-bond donors (Lipinski definition) is 2. The molecule has 2 unspecified atom stereocenters. The maximum atomic E-state index is 5.45. The molecule has 1 aromatic heterocycles. The zero-order chi connectivity index (χ0) is 9.97. The molecular weight excluding hydrogens is 178 g/mol. The number of aromatic nitrogens is 3. The average molecular weight is 193 g/mol. The molecule has 0 spiro atoms. The fourth-order valence-electron chi connectivity index (χ4n) is 1.66. The molecule has 0 aromatic carbocycles. The van der Waals surface area contributed by atoms with Crippen molar-refractivity contribution in [2.45, 2.75) is 32.2 Å². The van der Waals surface area contributed by atoms with Gasteiger partial charge in [0.25, 0.3) is 0 Å². The van der Waals surface area contributed by atoms with Crippen LogP contribution < -0.4 is 11.1 Å². The van der Waals surface area contributed by atoms with Crippen LogP contribution in [0.3, 0.4) is 0 Å². The smallest absolute Gasteiger partial charge is 0.227 e. The van der Waals surface area contributed by atoms with Crippen molar-refractivity contribution in [3.8, 4) is 0 Å². The molecule has 0 bridgehead atoms. The second-order valence-corrected chi connectivity index (χ2v) is 3.70. The molecule has 0 aliphatic heterocycles. The van der Waals surface area contributed by atoms with Crippen LogP contribution in [-0.2, 0) is 0 Å². The van der Waals surface area contributed by atoms with Gasteiger partial charge in [-0.1, -0.05) is 13.3 Å². The fourth-order valence-corrected chi connectivity index (χ4v) is 1.66. The third-order valence-corrected chi connectivity index (χ3v) is 2.49. The lowest BCUT2D eigenvalue weighted by Crippen LogP contribution is -2.09. The third kappa shape index (κ3) is 2.10. The minimum absolute atomic E-state index is 0.273. The van der Waals surface area contributed by atoms with Crippen LogP contribution in [0.15, 0.2) is 6.33 Å². The molecule has 0 saturated heterocycles. The molecule has 1 aromatic rings. The Kier molecular flexibility index (Phi) is 2.47. The standard InChI is InChI=1S/C9H15N5/c1-2-3-6-4-7(6)13-9-12-5-11-8(10)14-9/h5-7H,2-4H2,1H3,(H3,10,11,12,13,14). The second-order valence-electron chi connectivity index (χ2n) is 3.70. The highest BCUT2D eigenvalue weighted by Crippen LogP contribution is 2.36. The van der Waals surface area contributed by atoms with Crippen molar-refractivity contribution in [3.05, 3.63) is 6.33 Å². The Morgan fingerprint density at radius 1 is 1.57 bits per heavy atom. The van der Waals surface area contributed by atoms with Gasteiger partial charge in [-0.3, -0.25) is 0 Å². The van der Waals surface area contributed by atoms with Gasteiger partial charge in [0.05, 0.1) is 0 Å². The number of nitrogens with zero attached hydrogens (tertiary/aromatic N) is 3. The van der Waals surface area contributed by atoms with Crippen molar-refractivity contribution in [1.82, 2.24) is 15.0 Å². The second kappa shape index (κ2) is 3.77. The van der Waals surface area contributed by atoms with E-state index in [4.69, 9.17) is 5.73 Å². The Morgan fingerprint density at radius 3 is 3.14 bits per heavy atom. The topological polar surface area (TPSA) is 76.7 Å². The number of nitrogens with two attached hydrogens (primary N) is 1. The number of nitrogen functional groups attached to an aromatic ring is 1. The minimum atomic E-state index is 0.273. The first-order valence-corrected chi connectivity index (χ1v) is 5.00. The molecule has 1 aliphatic rings. The molecule has 14 heavy (non-hydrogen) atoms. The summed E-state index contributed by atoms with van der Waals surface area (Å²) in [7, 11) is 0. The Balaban J connectivity index is 1.87. The average Bonchev–Trinajstić information content (AvgIpc) is 2.84. The number of rotatable bonds is 4. The van der Waals surface area contributed by atoms with E-state index in [1.807, 2.05) is 0 Å². The first kappa shape index (κ1) is 9.18. The summed E-state index contributed by atoms with van der Waals surface area (Å²) < 4.78 is 0. The molecule has 0 radical (unpaired) electrons. The van der Waals surface area contributed by atoms with Gasteiger partial charge in [0.1, 0.15) is 6.33 Å². The summed E-state index contributed by atoms with van der Waals surface area (Å²) >= 11 is 0. The molecule has 1 fully saturated rings. The monoisotopic (exact) mass is 193 g/mol. The number of nitrogens with one attached hydrogen (secondary N) is 1. The van der Waals surface area contributed by atoms with Crippen molar-refractivity contribution in [2.75, 3.05) is 11.1 Å². The van der Waals surface area contributed by atoms with Gasteiger partial charge in [0.15, 0.2) is 0 Å². The van der Waals surface area contributed by atoms with Crippen LogP contribution in [0.1, 0.15) is 26.2 Å². The molecule has 2 rings (SSSR count). The van der Waals surface area contributed by atoms with E-state index in [9.17, 15) is 0 Å². The summed E-state index contributed by atoms with van der Waals surface area (Å²) in [5.74, 6) is 1.66. The first-order valence-electron chi connectivity index (χ1n) is 5.00. The predicted octanol–water partition coefficient (Wildman–Crippen LogP) is 1.05. The largest absolute Gasteiger partial charge is 0.368 e. The van der Waals surface area contributed by atoms with Gasteiger partial charge < -0.3 is 11.1 Å². The summed E-state index contributed by atoms with van der Waals surface area (Å²) in [4.78, 5) is 11.7. The molecule has 1 saturated carbocycles. The van der Waals surface area contributed by atoms with Crippen LogP contribution >= 0.6 is 0 Å². The maximum Gasteiger partial charge on any atom is 0.227 e. The lowest BCUT2D eigenvalue weighted by molar-refractivity contribution is 0.691. The highest BCUT2D eigenvalue weighted by molar-refractivity contribution is 5.32. The Hall–Kier alpha value is -1.39. The molecule has 3 N–H and O–H groups in total. The van der Waals surface area contributed by atoms with Gasteiger partial charge in [-0.25, -0.2) is 9.97 Å². The lowest BCUT2D eigenvalue weighted by Gasteiger charge is -2.02.